The highest BCUT2D eigenvalue weighted by atomic mass is 32.2. The van der Waals surface area contributed by atoms with Crippen LogP contribution in [0, 0.1) is 0 Å². The monoisotopic (exact) mass is 308 g/mol. The van der Waals surface area contributed by atoms with E-state index in [0.29, 0.717) is 0 Å². The lowest BCUT2D eigenvalue weighted by Gasteiger charge is -2.01. The van der Waals surface area contributed by atoms with Gasteiger partial charge >= 0.3 is 0 Å². The second-order valence-corrected chi connectivity index (χ2v) is 5.69. The number of nitrogens with zero attached hydrogens (tertiary/aromatic N) is 4. The van der Waals surface area contributed by atoms with Crippen LogP contribution in [0.1, 0.15) is 5.56 Å². The molecule has 5 heteroatoms. The van der Waals surface area contributed by atoms with Crippen molar-refractivity contribution in [2.24, 2.45) is 7.05 Å². The molecule has 0 saturated heterocycles. The van der Waals surface area contributed by atoms with Crippen molar-refractivity contribution in [3.63, 3.8) is 0 Å². The zero-order chi connectivity index (χ0) is 15.2. The van der Waals surface area contributed by atoms with E-state index in [4.69, 9.17) is 0 Å². The minimum Gasteiger partial charge on any atom is -0.304 e. The maximum atomic E-state index is 4.31. The molecule has 0 aliphatic rings. The third kappa shape index (κ3) is 3.43. The fourth-order valence-electron chi connectivity index (χ4n) is 2.03. The Morgan fingerprint density at radius 1 is 1.05 bits per heavy atom. The molecule has 0 aliphatic carbocycles. The molecule has 2 heterocycles. The maximum Gasteiger partial charge on any atom is 0.191 e. The molecule has 3 aromatic rings. The molecule has 0 unspecified atom stereocenters. The lowest BCUT2D eigenvalue weighted by molar-refractivity contribution is 0.793. The molecule has 0 radical (unpaired) electrons. The summed E-state index contributed by atoms with van der Waals surface area (Å²) in [6.07, 6.45) is 6.01. The van der Waals surface area contributed by atoms with E-state index < -0.39 is 0 Å². The molecule has 4 nitrogen and oxygen atoms in total. The minimum absolute atomic E-state index is 0.787. The predicted octanol–water partition coefficient (Wildman–Crippen LogP) is 3.68. The van der Waals surface area contributed by atoms with Crippen LogP contribution in [-0.4, -0.2) is 25.5 Å². The largest absolute Gasteiger partial charge is 0.304 e. The molecule has 0 spiro atoms. The van der Waals surface area contributed by atoms with Crippen molar-refractivity contribution in [2.75, 3.05) is 5.75 Å². The number of hydrogen-bond donors (Lipinski definition) is 0. The van der Waals surface area contributed by atoms with E-state index in [9.17, 15) is 0 Å². The number of hydrogen-bond acceptors (Lipinski definition) is 4. The third-order valence-electron chi connectivity index (χ3n) is 3.15. The van der Waals surface area contributed by atoms with Gasteiger partial charge in [-0.25, -0.2) is 0 Å². The first-order valence-electron chi connectivity index (χ1n) is 7.00. The van der Waals surface area contributed by atoms with Gasteiger partial charge in [0.15, 0.2) is 11.0 Å². The first-order valence-corrected chi connectivity index (χ1v) is 7.98. The molecule has 0 atom stereocenters. The van der Waals surface area contributed by atoms with Crippen LogP contribution >= 0.6 is 11.8 Å². The number of pyridine rings is 1. The van der Waals surface area contributed by atoms with Gasteiger partial charge in [-0.3, -0.25) is 4.98 Å². The first-order chi connectivity index (χ1) is 10.8. The molecule has 0 N–H and O–H groups in total. The zero-order valence-electron chi connectivity index (χ0n) is 12.3. The summed E-state index contributed by atoms with van der Waals surface area (Å²) in [6.45, 7) is 0. The Labute approximate surface area is 133 Å². The third-order valence-corrected chi connectivity index (χ3v) is 4.12. The lowest BCUT2D eigenvalue weighted by atomic mass is 10.2. The van der Waals surface area contributed by atoms with Gasteiger partial charge in [-0.1, -0.05) is 60.3 Å². The van der Waals surface area contributed by atoms with Gasteiger partial charge in [0.05, 0.1) is 0 Å². The Morgan fingerprint density at radius 3 is 2.64 bits per heavy atom. The summed E-state index contributed by atoms with van der Waals surface area (Å²) in [5.41, 5.74) is 2.04. The van der Waals surface area contributed by atoms with E-state index in [0.717, 1.165) is 22.4 Å². The Kier molecular flexibility index (Phi) is 4.65. The second kappa shape index (κ2) is 7.04. The van der Waals surface area contributed by atoms with Gasteiger partial charge in [0, 0.05) is 19.0 Å². The molecule has 0 fully saturated rings. The van der Waals surface area contributed by atoms with E-state index in [1.165, 1.54) is 5.56 Å². The van der Waals surface area contributed by atoms with Crippen LogP contribution in [0.2, 0.25) is 0 Å². The number of thioether (sulfide) groups is 1. The average molecular weight is 308 g/mol. The van der Waals surface area contributed by atoms with Crippen molar-refractivity contribution in [3.05, 3.63) is 66.4 Å². The van der Waals surface area contributed by atoms with E-state index in [1.807, 2.05) is 48.0 Å². The van der Waals surface area contributed by atoms with Crippen molar-refractivity contribution >= 4 is 17.8 Å². The van der Waals surface area contributed by atoms with Gasteiger partial charge in [0.25, 0.3) is 0 Å². The molecule has 110 valence electrons. The summed E-state index contributed by atoms with van der Waals surface area (Å²) in [7, 11) is 1.97. The molecule has 0 bridgehead atoms. The number of benzene rings is 1. The van der Waals surface area contributed by atoms with Crippen molar-refractivity contribution in [3.8, 4) is 11.5 Å². The molecule has 0 aliphatic heterocycles. The van der Waals surface area contributed by atoms with E-state index in [2.05, 4.69) is 39.5 Å². The first kappa shape index (κ1) is 14.5. The highest BCUT2D eigenvalue weighted by molar-refractivity contribution is 7.99. The Balaban J connectivity index is 1.65. The van der Waals surface area contributed by atoms with Crippen LogP contribution in [-0.2, 0) is 7.05 Å². The Morgan fingerprint density at radius 2 is 1.86 bits per heavy atom. The maximum absolute atomic E-state index is 4.31. The van der Waals surface area contributed by atoms with Crippen LogP contribution in [0.5, 0.6) is 0 Å². The highest BCUT2D eigenvalue weighted by Crippen LogP contribution is 2.21. The summed E-state index contributed by atoms with van der Waals surface area (Å²) >= 11 is 1.66. The van der Waals surface area contributed by atoms with Crippen molar-refractivity contribution in [1.29, 1.82) is 0 Å². The zero-order valence-corrected chi connectivity index (χ0v) is 13.1. The summed E-state index contributed by atoms with van der Waals surface area (Å²) in [4.78, 5) is 4.31. The standard InChI is InChI=1S/C17H16N4S/c1-21-16(15-11-5-6-12-18-15)19-20-17(21)22-13-7-10-14-8-3-2-4-9-14/h2-12H,13H2,1H3. The molecule has 2 aromatic heterocycles. The van der Waals surface area contributed by atoms with E-state index in [1.54, 1.807) is 18.0 Å². The van der Waals surface area contributed by atoms with Crippen LogP contribution in [0.4, 0.5) is 0 Å². The van der Waals surface area contributed by atoms with Gasteiger partial charge in [-0.15, -0.1) is 10.2 Å². The predicted molar refractivity (Wildman–Crippen MR) is 90.4 cm³/mol. The van der Waals surface area contributed by atoms with Gasteiger partial charge in [0.1, 0.15) is 5.69 Å². The molecule has 3 rings (SSSR count). The fraction of sp³-hybridized carbons (Fsp3) is 0.118. The normalized spacial score (nSPS) is 11.1. The van der Waals surface area contributed by atoms with E-state index in [-0.39, 0.29) is 0 Å². The van der Waals surface area contributed by atoms with E-state index >= 15 is 0 Å². The Bertz CT molecular complexity index is 751. The summed E-state index contributed by atoms with van der Waals surface area (Å²) in [5, 5.41) is 9.35. The second-order valence-electron chi connectivity index (χ2n) is 4.70. The summed E-state index contributed by atoms with van der Waals surface area (Å²) in [6, 6.07) is 16.0. The molecular weight excluding hydrogens is 292 g/mol. The van der Waals surface area contributed by atoms with Crippen LogP contribution < -0.4 is 0 Å². The summed E-state index contributed by atoms with van der Waals surface area (Å²) in [5.74, 6) is 1.64. The lowest BCUT2D eigenvalue weighted by Crippen LogP contribution is -1.96. The SMILES string of the molecule is Cn1c(SCC=Cc2ccccc2)nnc1-c1ccccn1. The summed E-state index contributed by atoms with van der Waals surface area (Å²) < 4.78 is 1.98. The van der Waals surface area contributed by atoms with Crippen molar-refractivity contribution < 1.29 is 0 Å². The molecule has 22 heavy (non-hydrogen) atoms. The Hall–Kier alpha value is -2.40. The fourth-order valence-corrected chi connectivity index (χ4v) is 2.75. The topological polar surface area (TPSA) is 43.6 Å². The average Bonchev–Trinajstić information content (AvgIpc) is 2.94. The smallest absolute Gasteiger partial charge is 0.191 e. The van der Waals surface area contributed by atoms with Crippen LogP contribution in [0.3, 0.4) is 0 Å². The highest BCUT2D eigenvalue weighted by Gasteiger charge is 2.10. The molecule has 0 saturated carbocycles. The van der Waals surface area contributed by atoms with Gasteiger partial charge in [-0.2, -0.15) is 0 Å². The molecular formula is C17H16N4S. The van der Waals surface area contributed by atoms with Gasteiger partial charge < -0.3 is 4.57 Å². The minimum atomic E-state index is 0.787. The quantitative estimate of drug-likeness (QED) is 0.674. The van der Waals surface area contributed by atoms with Gasteiger partial charge in [-0.05, 0) is 17.7 Å². The molecule has 1 aromatic carbocycles. The number of aromatic nitrogens is 4. The van der Waals surface area contributed by atoms with Gasteiger partial charge in [0.2, 0.25) is 0 Å². The van der Waals surface area contributed by atoms with Crippen molar-refractivity contribution in [1.82, 2.24) is 19.7 Å². The number of rotatable bonds is 5. The molecule has 0 amide bonds. The van der Waals surface area contributed by atoms with Crippen LogP contribution in [0.25, 0.3) is 17.6 Å². The van der Waals surface area contributed by atoms with Crippen LogP contribution in [0.15, 0.2) is 66.0 Å². The van der Waals surface area contributed by atoms with Crippen molar-refractivity contribution in [2.45, 2.75) is 5.16 Å².